The first-order chi connectivity index (χ1) is 7.22. The Morgan fingerprint density at radius 1 is 1.73 bits per heavy atom. The second-order valence-electron chi connectivity index (χ2n) is 3.84. The summed E-state index contributed by atoms with van der Waals surface area (Å²) in [7, 11) is 1.64. The van der Waals surface area contributed by atoms with E-state index in [1.165, 1.54) is 0 Å². The van der Waals surface area contributed by atoms with Crippen LogP contribution in [0.4, 0.5) is 0 Å². The maximum absolute atomic E-state index is 10.3. The van der Waals surface area contributed by atoms with Crippen molar-refractivity contribution in [2.24, 2.45) is 5.92 Å². The molecule has 0 aromatic carbocycles. The fourth-order valence-corrected chi connectivity index (χ4v) is 2.00. The summed E-state index contributed by atoms with van der Waals surface area (Å²) in [5, 5.41) is 14.6. The quantitative estimate of drug-likeness (QED) is 0.623. The van der Waals surface area contributed by atoms with E-state index in [1.807, 2.05) is 6.92 Å². The fourth-order valence-electron chi connectivity index (χ4n) is 2.00. The first-order valence-corrected chi connectivity index (χ1v) is 5.08. The Balaban J connectivity index is 2.58. The number of rotatable bonds is 4. The summed E-state index contributed by atoms with van der Waals surface area (Å²) < 4.78 is 5.36. The standard InChI is InChI=1S/C10H17N3O2/c1-7(13-6-14)9-5-12-8(4-11)3-10(9)15-2/h6-10,12H,3,5H2,1-2H3,(H,13,14). The smallest absolute Gasteiger partial charge is 0.207 e. The second-order valence-corrected chi connectivity index (χ2v) is 3.84. The van der Waals surface area contributed by atoms with Crippen molar-refractivity contribution in [3.8, 4) is 6.07 Å². The second kappa shape index (κ2) is 5.69. The highest BCUT2D eigenvalue weighted by molar-refractivity contribution is 5.46. The maximum Gasteiger partial charge on any atom is 0.207 e. The van der Waals surface area contributed by atoms with Gasteiger partial charge in [0.05, 0.1) is 18.2 Å². The van der Waals surface area contributed by atoms with Gasteiger partial charge in [0.2, 0.25) is 6.41 Å². The van der Waals surface area contributed by atoms with Crippen molar-refractivity contribution >= 4 is 6.41 Å². The molecule has 15 heavy (non-hydrogen) atoms. The van der Waals surface area contributed by atoms with E-state index < -0.39 is 0 Å². The number of nitriles is 1. The Morgan fingerprint density at radius 3 is 3.00 bits per heavy atom. The number of carbonyl (C=O) groups is 1. The lowest BCUT2D eigenvalue weighted by Gasteiger charge is -2.36. The highest BCUT2D eigenvalue weighted by Crippen LogP contribution is 2.20. The van der Waals surface area contributed by atoms with E-state index >= 15 is 0 Å². The van der Waals surface area contributed by atoms with Crippen molar-refractivity contribution < 1.29 is 9.53 Å². The van der Waals surface area contributed by atoms with E-state index in [-0.39, 0.29) is 24.1 Å². The molecule has 4 atom stereocenters. The summed E-state index contributed by atoms with van der Waals surface area (Å²) in [6.07, 6.45) is 1.40. The number of hydrogen-bond acceptors (Lipinski definition) is 4. The van der Waals surface area contributed by atoms with E-state index in [4.69, 9.17) is 10.00 Å². The first-order valence-electron chi connectivity index (χ1n) is 5.08. The summed E-state index contributed by atoms with van der Waals surface area (Å²) in [5.41, 5.74) is 0. The molecule has 0 aliphatic carbocycles. The molecule has 0 aromatic rings. The molecule has 1 saturated heterocycles. The molecular formula is C10H17N3O2. The van der Waals surface area contributed by atoms with E-state index in [2.05, 4.69) is 16.7 Å². The number of piperidine rings is 1. The highest BCUT2D eigenvalue weighted by Gasteiger charge is 2.33. The van der Waals surface area contributed by atoms with Crippen LogP contribution in [0.3, 0.4) is 0 Å². The van der Waals surface area contributed by atoms with Crippen molar-refractivity contribution in [2.45, 2.75) is 31.5 Å². The molecule has 5 heteroatoms. The monoisotopic (exact) mass is 211 g/mol. The number of hydrogen-bond donors (Lipinski definition) is 2. The zero-order valence-corrected chi connectivity index (χ0v) is 9.06. The van der Waals surface area contributed by atoms with Gasteiger partial charge in [-0.2, -0.15) is 5.26 Å². The molecule has 1 rings (SSSR count). The molecule has 5 nitrogen and oxygen atoms in total. The normalized spacial score (nSPS) is 32.7. The molecule has 1 aliphatic rings. The molecule has 0 spiro atoms. The van der Waals surface area contributed by atoms with Gasteiger partial charge in [0.25, 0.3) is 0 Å². The Kier molecular flexibility index (Phi) is 4.53. The summed E-state index contributed by atoms with van der Waals surface area (Å²) in [6, 6.07) is 2.09. The van der Waals surface area contributed by atoms with Crippen LogP contribution >= 0.6 is 0 Å². The lowest BCUT2D eigenvalue weighted by Crippen LogP contribution is -2.53. The Morgan fingerprint density at radius 2 is 2.47 bits per heavy atom. The number of nitrogens with one attached hydrogen (secondary N) is 2. The van der Waals surface area contributed by atoms with Crippen LogP contribution in [0, 0.1) is 17.2 Å². The molecule has 0 bridgehead atoms. The summed E-state index contributed by atoms with van der Waals surface area (Å²) >= 11 is 0. The molecule has 4 unspecified atom stereocenters. The molecular weight excluding hydrogens is 194 g/mol. The van der Waals surface area contributed by atoms with Crippen LogP contribution in [-0.2, 0) is 9.53 Å². The number of nitrogens with zero attached hydrogens (tertiary/aromatic N) is 1. The lowest BCUT2D eigenvalue weighted by molar-refractivity contribution is -0.110. The minimum Gasteiger partial charge on any atom is -0.381 e. The van der Waals surface area contributed by atoms with Gasteiger partial charge in [-0.1, -0.05) is 0 Å². The maximum atomic E-state index is 10.3. The van der Waals surface area contributed by atoms with Crippen LogP contribution in [0.5, 0.6) is 0 Å². The first kappa shape index (κ1) is 12.0. The third-order valence-corrected chi connectivity index (χ3v) is 2.98. The van der Waals surface area contributed by atoms with Crippen molar-refractivity contribution in [2.75, 3.05) is 13.7 Å². The van der Waals surface area contributed by atoms with Gasteiger partial charge >= 0.3 is 0 Å². The van der Waals surface area contributed by atoms with Crippen molar-refractivity contribution in [1.82, 2.24) is 10.6 Å². The summed E-state index contributed by atoms with van der Waals surface area (Å²) in [4.78, 5) is 10.3. The Hall–Kier alpha value is -1.12. The molecule has 0 aromatic heterocycles. The average molecular weight is 211 g/mol. The molecule has 0 radical (unpaired) electrons. The Labute approximate surface area is 89.8 Å². The summed E-state index contributed by atoms with van der Waals surface area (Å²) in [5.74, 6) is 0.213. The third kappa shape index (κ3) is 2.91. The van der Waals surface area contributed by atoms with Gasteiger partial charge in [0.1, 0.15) is 0 Å². The van der Waals surface area contributed by atoms with Gasteiger partial charge in [-0.15, -0.1) is 0 Å². The topological polar surface area (TPSA) is 74.2 Å². The number of ether oxygens (including phenoxy) is 1. The zero-order valence-electron chi connectivity index (χ0n) is 9.06. The number of amides is 1. The van der Waals surface area contributed by atoms with Crippen molar-refractivity contribution in [3.05, 3.63) is 0 Å². The third-order valence-electron chi connectivity index (χ3n) is 2.98. The molecule has 1 aliphatic heterocycles. The highest BCUT2D eigenvalue weighted by atomic mass is 16.5. The van der Waals surface area contributed by atoms with Gasteiger partial charge in [0.15, 0.2) is 0 Å². The predicted octanol–water partition coefficient (Wildman–Crippen LogP) is -0.362. The van der Waals surface area contributed by atoms with Crippen LogP contribution in [0.2, 0.25) is 0 Å². The Bertz CT molecular complexity index is 252. The van der Waals surface area contributed by atoms with E-state index in [1.54, 1.807) is 7.11 Å². The molecule has 1 fully saturated rings. The van der Waals surface area contributed by atoms with Crippen molar-refractivity contribution in [3.63, 3.8) is 0 Å². The minimum absolute atomic E-state index is 0.0262. The molecule has 84 valence electrons. The van der Waals surface area contributed by atoms with Crippen LogP contribution < -0.4 is 10.6 Å². The number of methoxy groups -OCH3 is 1. The SMILES string of the molecule is COC1CC(C#N)NCC1C(C)NC=O. The molecule has 2 N–H and O–H groups in total. The van der Waals surface area contributed by atoms with E-state index in [0.29, 0.717) is 19.4 Å². The fraction of sp³-hybridized carbons (Fsp3) is 0.800. The lowest BCUT2D eigenvalue weighted by atomic mass is 9.87. The van der Waals surface area contributed by atoms with Gasteiger partial charge in [0, 0.05) is 32.0 Å². The molecule has 1 heterocycles. The van der Waals surface area contributed by atoms with E-state index in [0.717, 1.165) is 0 Å². The van der Waals surface area contributed by atoms with Crippen molar-refractivity contribution in [1.29, 1.82) is 5.26 Å². The zero-order chi connectivity index (χ0) is 11.3. The summed E-state index contributed by atoms with van der Waals surface area (Å²) in [6.45, 7) is 2.64. The molecule has 0 saturated carbocycles. The predicted molar refractivity (Wildman–Crippen MR) is 55.0 cm³/mol. The largest absolute Gasteiger partial charge is 0.381 e. The van der Waals surface area contributed by atoms with Crippen LogP contribution in [0.25, 0.3) is 0 Å². The number of carbonyl (C=O) groups excluding carboxylic acids is 1. The van der Waals surface area contributed by atoms with Gasteiger partial charge < -0.3 is 15.4 Å². The van der Waals surface area contributed by atoms with E-state index in [9.17, 15) is 4.79 Å². The van der Waals surface area contributed by atoms with Crippen LogP contribution in [0.1, 0.15) is 13.3 Å². The van der Waals surface area contributed by atoms with Gasteiger partial charge in [-0.05, 0) is 6.92 Å². The van der Waals surface area contributed by atoms with Gasteiger partial charge in [-0.25, -0.2) is 0 Å². The van der Waals surface area contributed by atoms with Crippen LogP contribution in [-0.4, -0.2) is 38.3 Å². The van der Waals surface area contributed by atoms with Gasteiger partial charge in [-0.3, -0.25) is 4.79 Å². The molecule has 1 amide bonds. The van der Waals surface area contributed by atoms with Crippen LogP contribution in [0.15, 0.2) is 0 Å². The average Bonchev–Trinajstić information content (AvgIpc) is 2.28. The minimum atomic E-state index is -0.144.